The lowest BCUT2D eigenvalue weighted by Crippen LogP contribution is -2.21. The molecule has 0 unspecified atom stereocenters. The first kappa shape index (κ1) is 16.7. The van der Waals surface area contributed by atoms with Gasteiger partial charge in [-0.3, -0.25) is 0 Å². The Hall–Kier alpha value is -1.15. The highest BCUT2D eigenvalue weighted by Crippen LogP contribution is 2.30. The van der Waals surface area contributed by atoms with Crippen LogP contribution in [0.5, 0.6) is 0 Å². The van der Waals surface area contributed by atoms with Gasteiger partial charge in [0.15, 0.2) is 10.2 Å². The highest BCUT2D eigenvalue weighted by atomic mass is 35.5. The number of halogens is 1. The van der Waals surface area contributed by atoms with Crippen molar-refractivity contribution in [2.45, 2.75) is 36.4 Å². The van der Waals surface area contributed by atoms with Gasteiger partial charge in [-0.25, -0.2) is 0 Å². The molecule has 0 saturated carbocycles. The van der Waals surface area contributed by atoms with Crippen LogP contribution in [0.1, 0.15) is 37.7 Å². The molecule has 0 aliphatic carbocycles. The van der Waals surface area contributed by atoms with E-state index in [0.29, 0.717) is 5.92 Å². The summed E-state index contributed by atoms with van der Waals surface area (Å²) in [6.45, 7) is 4.24. The molecule has 3 rings (SSSR count). The molecule has 0 fully saturated rings. The summed E-state index contributed by atoms with van der Waals surface area (Å²) >= 11 is 9.21. The number of fused-ring (bicyclic) bond motifs is 1. The summed E-state index contributed by atoms with van der Waals surface area (Å²) in [4.78, 5) is 0.785. The Bertz CT molecular complexity index is 800. The van der Waals surface area contributed by atoms with Gasteiger partial charge in [0.05, 0.1) is 6.04 Å². The van der Waals surface area contributed by atoms with Crippen LogP contribution in [0.4, 0.5) is 0 Å². The smallest absolute Gasteiger partial charge is 0.235 e. The van der Waals surface area contributed by atoms with Crippen LogP contribution in [-0.2, 0) is 5.75 Å². The number of rotatable bonds is 6. The van der Waals surface area contributed by atoms with Gasteiger partial charge in [-0.2, -0.15) is 4.52 Å². The van der Waals surface area contributed by atoms with Crippen molar-refractivity contribution in [3.63, 3.8) is 0 Å². The molecule has 0 radical (unpaired) electrons. The molecule has 0 aliphatic rings. The molecule has 2 atom stereocenters. The lowest BCUT2D eigenvalue weighted by atomic mass is 10.00. The normalized spacial score (nSPS) is 14.3. The average molecular weight is 368 g/mol. The van der Waals surface area contributed by atoms with Crippen LogP contribution in [0.2, 0.25) is 5.02 Å². The van der Waals surface area contributed by atoms with E-state index in [4.69, 9.17) is 17.3 Å². The molecule has 2 heterocycles. The minimum Gasteiger partial charge on any atom is -0.321 e. The van der Waals surface area contributed by atoms with E-state index >= 15 is 0 Å². The highest BCUT2D eigenvalue weighted by molar-refractivity contribution is 8.00. The minimum atomic E-state index is -0.150. The van der Waals surface area contributed by atoms with Gasteiger partial charge >= 0.3 is 0 Å². The second-order valence-corrected chi connectivity index (χ2v) is 8.07. The zero-order valence-corrected chi connectivity index (χ0v) is 15.3. The van der Waals surface area contributed by atoms with Crippen molar-refractivity contribution in [2.24, 2.45) is 11.7 Å². The molecule has 2 N–H and O–H groups in total. The number of hydrogen-bond acceptors (Lipinski definition) is 6. The number of aromatic nitrogens is 4. The van der Waals surface area contributed by atoms with Crippen molar-refractivity contribution in [2.75, 3.05) is 0 Å². The number of benzene rings is 1. The fourth-order valence-electron chi connectivity index (χ4n) is 2.16. The summed E-state index contributed by atoms with van der Waals surface area (Å²) in [5.41, 5.74) is 7.44. The number of hydrogen-bond donors (Lipinski definition) is 1. The molecule has 0 amide bonds. The maximum atomic E-state index is 6.27. The first-order valence-corrected chi connectivity index (χ1v) is 9.61. The molecule has 1 aromatic carbocycles. The Morgan fingerprint density at radius 3 is 2.96 bits per heavy atom. The van der Waals surface area contributed by atoms with E-state index in [1.807, 2.05) is 18.2 Å². The van der Waals surface area contributed by atoms with Crippen LogP contribution >= 0.6 is 34.7 Å². The van der Waals surface area contributed by atoms with Gasteiger partial charge in [-0.1, -0.05) is 67.1 Å². The second kappa shape index (κ2) is 7.17. The van der Waals surface area contributed by atoms with Gasteiger partial charge in [0.2, 0.25) is 4.96 Å². The molecule has 0 bridgehead atoms. The molecule has 23 heavy (non-hydrogen) atoms. The predicted molar refractivity (Wildman–Crippen MR) is 96.1 cm³/mol. The van der Waals surface area contributed by atoms with Crippen molar-refractivity contribution in [1.82, 2.24) is 19.8 Å². The van der Waals surface area contributed by atoms with Crippen LogP contribution < -0.4 is 5.73 Å². The maximum Gasteiger partial charge on any atom is 0.235 e. The van der Waals surface area contributed by atoms with E-state index in [1.54, 1.807) is 16.3 Å². The molecule has 0 spiro atoms. The lowest BCUT2D eigenvalue weighted by Gasteiger charge is -2.15. The van der Waals surface area contributed by atoms with Crippen molar-refractivity contribution < 1.29 is 0 Å². The fraction of sp³-hybridized carbons (Fsp3) is 0.400. The molecule has 3 aromatic rings. The first-order chi connectivity index (χ1) is 11.1. The van der Waals surface area contributed by atoms with E-state index in [2.05, 4.69) is 35.2 Å². The molecule has 0 saturated heterocycles. The summed E-state index contributed by atoms with van der Waals surface area (Å²) in [5.74, 6) is 1.89. The topological polar surface area (TPSA) is 69.1 Å². The van der Waals surface area contributed by atoms with E-state index < -0.39 is 0 Å². The summed E-state index contributed by atoms with van der Waals surface area (Å²) in [5, 5.41) is 13.8. The van der Waals surface area contributed by atoms with Crippen molar-refractivity contribution in [3.8, 4) is 0 Å². The summed E-state index contributed by atoms with van der Waals surface area (Å²) in [7, 11) is 0. The van der Waals surface area contributed by atoms with Gasteiger partial charge in [-0.15, -0.1) is 15.3 Å². The Balaban J connectivity index is 1.77. The standard InChI is InChI=1S/C15H18ClN5S2/c1-3-9(2)12(17)13-18-19-14-21(13)20-15(23-14)22-8-10-5-4-6-11(16)7-10/h4-7,9,12H,3,8,17H2,1-2H3/t9-,12-/m0/s1. The summed E-state index contributed by atoms with van der Waals surface area (Å²) < 4.78 is 2.73. The highest BCUT2D eigenvalue weighted by Gasteiger charge is 2.21. The van der Waals surface area contributed by atoms with Gasteiger partial charge in [-0.05, 0) is 23.6 Å². The first-order valence-electron chi connectivity index (χ1n) is 7.43. The zero-order valence-electron chi connectivity index (χ0n) is 12.9. The fourth-order valence-corrected chi connectivity index (χ4v) is 4.20. The van der Waals surface area contributed by atoms with E-state index in [1.165, 1.54) is 16.9 Å². The summed E-state index contributed by atoms with van der Waals surface area (Å²) in [6.07, 6.45) is 0.997. The molecule has 2 aromatic heterocycles. The number of nitrogens with two attached hydrogens (primary N) is 1. The number of nitrogens with zero attached hydrogens (tertiary/aromatic N) is 4. The molecular weight excluding hydrogens is 350 g/mol. The predicted octanol–water partition coefficient (Wildman–Crippen LogP) is 4.18. The Labute approximate surface area is 148 Å². The third-order valence-electron chi connectivity index (χ3n) is 3.80. The zero-order chi connectivity index (χ0) is 16.4. The van der Waals surface area contributed by atoms with Crippen molar-refractivity contribution in [3.05, 3.63) is 40.7 Å². The van der Waals surface area contributed by atoms with E-state index in [0.717, 1.165) is 32.3 Å². The summed E-state index contributed by atoms with van der Waals surface area (Å²) in [6, 6.07) is 7.71. The lowest BCUT2D eigenvalue weighted by molar-refractivity contribution is 0.431. The van der Waals surface area contributed by atoms with Gasteiger partial charge in [0, 0.05) is 10.8 Å². The van der Waals surface area contributed by atoms with Crippen LogP contribution in [0.3, 0.4) is 0 Å². The third-order valence-corrected chi connectivity index (χ3v) is 6.14. The van der Waals surface area contributed by atoms with Gasteiger partial charge in [0.25, 0.3) is 0 Å². The Kier molecular flexibility index (Phi) is 5.21. The Morgan fingerprint density at radius 2 is 2.22 bits per heavy atom. The molecule has 122 valence electrons. The van der Waals surface area contributed by atoms with Crippen LogP contribution in [0.25, 0.3) is 4.96 Å². The van der Waals surface area contributed by atoms with Crippen LogP contribution in [0, 0.1) is 5.92 Å². The van der Waals surface area contributed by atoms with Crippen molar-refractivity contribution in [1.29, 1.82) is 0 Å². The van der Waals surface area contributed by atoms with Crippen molar-refractivity contribution >= 4 is 39.7 Å². The SMILES string of the molecule is CC[C@H](C)[C@H](N)c1nnc2sc(SCc3cccc(Cl)c3)nn12. The minimum absolute atomic E-state index is 0.150. The average Bonchev–Trinajstić information content (AvgIpc) is 3.11. The Morgan fingerprint density at radius 1 is 1.39 bits per heavy atom. The number of thioether (sulfide) groups is 1. The second-order valence-electron chi connectivity index (χ2n) is 5.45. The van der Waals surface area contributed by atoms with E-state index in [-0.39, 0.29) is 6.04 Å². The molecule has 5 nitrogen and oxygen atoms in total. The molecular formula is C15H18ClN5S2. The van der Waals surface area contributed by atoms with Gasteiger partial charge in [0.1, 0.15) is 0 Å². The van der Waals surface area contributed by atoms with E-state index in [9.17, 15) is 0 Å². The molecule has 0 aliphatic heterocycles. The third kappa shape index (κ3) is 3.68. The largest absolute Gasteiger partial charge is 0.321 e. The van der Waals surface area contributed by atoms with Gasteiger partial charge < -0.3 is 5.73 Å². The monoisotopic (exact) mass is 367 g/mol. The quantitative estimate of drug-likeness (QED) is 0.662. The molecule has 8 heteroatoms. The maximum absolute atomic E-state index is 6.27. The van der Waals surface area contributed by atoms with Crippen LogP contribution in [0.15, 0.2) is 28.6 Å². The van der Waals surface area contributed by atoms with Crippen LogP contribution in [-0.4, -0.2) is 19.8 Å².